The zero-order chi connectivity index (χ0) is 25.6. The first-order valence-corrected chi connectivity index (χ1v) is 12.7. The Labute approximate surface area is 204 Å². The first kappa shape index (κ1) is 26.2. The van der Waals surface area contributed by atoms with Crippen LogP contribution in [-0.2, 0) is 15.6 Å². The van der Waals surface area contributed by atoms with E-state index in [0.29, 0.717) is 17.7 Å². The number of hydrogen-bond acceptors (Lipinski definition) is 6. The fraction of sp³-hybridized carbons (Fsp3) is 0.269. The van der Waals surface area contributed by atoms with E-state index in [1.54, 1.807) is 24.3 Å². The van der Waals surface area contributed by atoms with Gasteiger partial charge in [0.1, 0.15) is 17.1 Å². The normalized spacial score (nSPS) is 11.9. The Bertz CT molecular complexity index is 1310. The van der Waals surface area contributed by atoms with Gasteiger partial charge in [0.15, 0.2) is 9.84 Å². The average Bonchev–Trinajstić information content (AvgIpc) is 3.35. The van der Waals surface area contributed by atoms with Gasteiger partial charge in [-0.1, -0.05) is 38.1 Å². The second-order valence-electron chi connectivity index (χ2n) is 7.83. The Morgan fingerprint density at radius 3 is 2.51 bits per heavy atom. The van der Waals surface area contributed by atoms with Crippen LogP contribution >= 0.6 is 0 Å². The van der Waals surface area contributed by atoms with Gasteiger partial charge < -0.3 is 19.2 Å². The molecular formula is C26H28FNO6S. The molecule has 9 heteroatoms. The highest BCUT2D eigenvalue weighted by Crippen LogP contribution is 2.37. The zero-order valence-electron chi connectivity index (χ0n) is 19.8. The van der Waals surface area contributed by atoms with Crippen LogP contribution in [0.1, 0.15) is 35.3 Å². The summed E-state index contributed by atoms with van der Waals surface area (Å²) in [7, 11) is -2.72. The minimum Gasteiger partial charge on any atom is -0.495 e. The summed E-state index contributed by atoms with van der Waals surface area (Å²) in [6, 6.07) is 8.14. The van der Waals surface area contributed by atoms with Crippen molar-refractivity contribution in [2.24, 2.45) is 0 Å². The highest BCUT2D eigenvalue weighted by molar-refractivity contribution is 7.90. The van der Waals surface area contributed by atoms with Gasteiger partial charge in [-0.25, -0.2) is 17.6 Å². The number of halogens is 1. The van der Waals surface area contributed by atoms with Crippen molar-refractivity contribution in [3.8, 4) is 16.9 Å². The van der Waals surface area contributed by atoms with Crippen molar-refractivity contribution in [1.82, 2.24) is 4.90 Å². The van der Waals surface area contributed by atoms with E-state index < -0.39 is 27.4 Å². The van der Waals surface area contributed by atoms with Gasteiger partial charge in [0.05, 0.1) is 30.3 Å². The fourth-order valence-corrected chi connectivity index (χ4v) is 5.43. The summed E-state index contributed by atoms with van der Waals surface area (Å²) < 4.78 is 51.3. The van der Waals surface area contributed by atoms with Crippen molar-refractivity contribution >= 4 is 21.9 Å². The molecule has 0 spiro atoms. The third-order valence-corrected chi connectivity index (χ3v) is 7.43. The summed E-state index contributed by atoms with van der Waals surface area (Å²) in [6.07, 6.45) is 6.24. The van der Waals surface area contributed by atoms with Crippen LogP contribution in [0, 0.1) is 5.82 Å². The van der Waals surface area contributed by atoms with Crippen LogP contribution in [0.5, 0.6) is 5.75 Å². The molecule has 0 atom stereocenters. The Hall–Kier alpha value is -3.43. The molecule has 186 valence electrons. The lowest BCUT2D eigenvalue weighted by atomic mass is 9.99. The number of rotatable bonds is 11. The molecule has 0 aliphatic heterocycles. The molecule has 7 nitrogen and oxygen atoms in total. The standard InChI is InChI=1S/C26H28FNO6S/c1-4-28(5-2)13-6-7-18-15-21(27)9-11-23(18)35(31,32)17-20-8-10-22(19-12-14-34-16-19)25(33-3)24(20)26(29)30/h6-12,14-16H,4-5,13,17H2,1-3H3,(H,29,30)/b7-6-. The van der Waals surface area contributed by atoms with Gasteiger partial charge in [0, 0.05) is 17.7 Å². The number of aromatic carboxylic acids is 1. The summed E-state index contributed by atoms with van der Waals surface area (Å²) in [4.78, 5) is 14.2. The molecule has 35 heavy (non-hydrogen) atoms. The van der Waals surface area contributed by atoms with E-state index in [2.05, 4.69) is 4.90 Å². The predicted octanol–water partition coefficient (Wildman–Crippen LogP) is 5.12. The van der Waals surface area contributed by atoms with E-state index in [4.69, 9.17) is 9.15 Å². The predicted molar refractivity (Wildman–Crippen MR) is 132 cm³/mol. The van der Waals surface area contributed by atoms with Crippen LogP contribution in [0.3, 0.4) is 0 Å². The van der Waals surface area contributed by atoms with Gasteiger partial charge in [0.2, 0.25) is 0 Å². The van der Waals surface area contributed by atoms with Crippen molar-refractivity contribution in [2.75, 3.05) is 26.7 Å². The molecule has 1 N–H and O–H groups in total. The third-order valence-electron chi connectivity index (χ3n) is 5.70. The topological polar surface area (TPSA) is 97.0 Å². The minimum absolute atomic E-state index is 0.0325. The van der Waals surface area contributed by atoms with E-state index in [9.17, 15) is 22.7 Å². The number of carbonyl (C=O) groups is 1. The first-order chi connectivity index (χ1) is 16.7. The van der Waals surface area contributed by atoms with Crippen molar-refractivity contribution in [1.29, 1.82) is 0 Å². The maximum atomic E-state index is 14.0. The van der Waals surface area contributed by atoms with Crippen LogP contribution in [0.25, 0.3) is 17.2 Å². The summed E-state index contributed by atoms with van der Waals surface area (Å²) in [5.41, 5.74) is 1.06. The van der Waals surface area contributed by atoms with Crippen LogP contribution in [0.2, 0.25) is 0 Å². The molecule has 3 aromatic rings. The molecule has 1 aromatic heterocycles. The number of methoxy groups -OCH3 is 1. The Kier molecular flexibility index (Phi) is 8.48. The van der Waals surface area contributed by atoms with Gasteiger partial charge >= 0.3 is 5.97 Å². The zero-order valence-corrected chi connectivity index (χ0v) is 20.6. The van der Waals surface area contributed by atoms with E-state index in [1.807, 2.05) is 13.8 Å². The Morgan fingerprint density at radius 2 is 1.91 bits per heavy atom. The number of hydrogen-bond donors (Lipinski definition) is 1. The molecule has 0 saturated heterocycles. The number of ether oxygens (including phenoxy) is 1. The van der Waals surface area contributed by atoms with Crippen LogP contribution < -0.4 is 4.74 Å². The first-order valence-electron chi connectivity index (χ1n) is 11.1. The van der Waals surface area contributed by atoms with Crippen LogP contribution in [-0.4, -0.2) is 51.1 Å². The quantitative estimate of drug-likeness (QED) is 0.364. The number of furan rings is 1. The molecule has 1 heterocycles. The van der Waals surface area contributed by atoms with Crippen molar-refractivity contribution in [3.05, 3.63) is 77.5 Å². The van der Waals surface area contributed by atoms with E-state index in [-0.39, 0.29) is 27.3 Å². The smallest absolute Gasteiger partial charge is 0.339 e. The molecule has 2 aromatic carbocycles. The summed E-state index contributed by atoms with van der Waals surface area (Å²) in [6.45, 7) is 6.26. The number of benzene rings is 2. The number of sulfone groups is 1. The third kappa shape index (κ3) is 5.98. The maximum Gasteiger partial charge on any atom is 0.339 e. The molecule has 3 rings (SSSR count). The van der Waals surface area contributed by atoms with Crippen LogP contribution in [0.4, 0.5) is 4.39 Å². The average molecular weight is 502 g/mol. The molecule has 0 saturated carbocycles. The molecule has 0 aliphatic rings. The second kappa shape index (κ2) is 11.3. The van der Waals surface area contributed by atoms with Gasteiger partial charge in [-0.05, 0) is 48.5 Å². The number of likely N-dealkylation sites (N-methyl/N-ethyl adjacent to an activating group) is 1. The Balaban J connectivity index is 2.04. The van der Waals surface area contributed by atoms with Crippen molar-refractivity contribution in [2.45, 2.75) is 24.5 Å². The molecule has 0 fully saturated rings. The SMILES string of the molecule is CCN(CC)C/C=C\c1cc(F)ccc1S(=O)(=O)Cc1ccc(-c2ccoc2)c(OC)c1C(=O)O. The van der Waals surface area contributed by atoms with Gasteiger partial charge in [0.25, 0.3) is 0 Å². The summed E-state index contributed by atoms with van der Waals surface area (Å²) in [5.74, 6) is -2.45. The fourth-order valence-electron chi connectivity index (χ4n) is 3.86. The van der Waals surface area contributed by atoms with Crippen molar-refractivity contribution < 1.29 is 31.9 Å². The Morgan fingerprint density at radius 1 is 1.17 bits per heavy atom. The lowest BCUT2D eigenvalue weighted by molar-refractivity contribution is 0.0692. The number of nitrogens with zero attached hydrogens (tertiary/aromatic N) is 1. The molecule has 0 unspecified atom stereocenters. The monoisotopic (exact) mass is 501 g/mol. The molecule has 0 bridgehead atoms. The van der Waals surface area contributed by atoms with Crippen molar-refractivity contribution in [3.63, 3.8) is 0 Å². The second-order valence-corrected chi connectivity index (χ2v) is 9.79. The van der Waals surface area contributed by atoms with E-state index in [0.717, 1.165) is 25.2 Å². The highest BCUT2D eigenvalue weighted by atomic mass is 32.2. The molecule has 0 aliphatic carbocycles. The van der Waals surface area contributed by atoms with Gasteiger partial charge in [-0.3, -0.25) is 0 Å². The molecular weight excluding hydrogens is 473 g/mol. The van der Waals surface area contributed by atoms with Gasteiger partial charge in [-0.15, -0.1) is 0 Å². The molecule has 0 radical (unpaired) electrons. The maximum absolute atomic E-state index is 14.0. The van der Waals surface area contributed by atoms with E-state index in [1.165, 1.54) is 31.8 Å². The number of carboxylic acids is 1. The van der Waals surface area contributed by atoms with Gasteiger partial charge in [-0.2, -0.15) is 0 Å². The highest BCUT2D eigenvalue weighted by Gasteiger charge is 2.26. The minimum atomic E-state index is -4.04. The van der Waals surface area contributed by atoms with E-state index >= 15 is 0 Å². The lowest BCUT2D eigenvalue weighted by Gasteiger charge is -2.16. The largest absolute Gasteiger partial charge is 0.495 e. The number of carboxylic acid groups (broad SMARTS) is 1. The summed E-state index contributed by atoms with van der Waals surface area (Å²) in [5, 5.41) is 9.91. The van der Waals surface area contributed by atoms with Crippen LogP contribution in [0.15, 0.2) is 64.3 Å². The lowest BCUT2D eigenvalue weighted by Crippen LogP contribution is -2.22. The summed E-state index contributed by atoms with van der Waals surface area (Å²) >= 11 is 0. The molecule has 0 amide bonds.